The number of rotatable bonds is 3. The van der Waals surface area contributed by atoms with Crippen molar-refractivity contribution < 1.29 is 31.1 Å². The van der Waals surface area contributed by atoms with Gasteiger partial charge in [0.25, 0.3) is 0 Å². The summed E-state index contributed by atoms with van der Waals surface area (Å²) in [5.41, 5.74) is 0. The summed E-state index contributed by atoms with van der Waals surface area (Å²) in [6, 6.07) is 2.32. The Kier molecular flexibility index (Phi) is 3.27. The third kappa shape index (κ3) is 2.18. The Balaban J connectivity index is 3.08. The molecule has 1 unspecified atom stereocenters. The van der Waals surface area contributed by atoms with Crippen LogP contribution in [-0.2, 0) is 4.74 Å². The lowest BCUT2D eigenvalue weighted by Crippen LogP contribution is -2.42. The number of ether oxygens (including phenoxy) is 1. The average molecular weight is 244 g/mol. The molecule has 1 heterocycles. The smallest absolute Gasteiger partial charge is 0.456 e. The highest BCUT2D eigenvalue weighted by Gasteiger charge is 2.64. The van der Waals surface area contributed by atoms with Gasteiger partial charge in [0, 0.05) is 7.11 Å². The van der Waals surface area contributed by atoms with Crippen molar-refractivity contribution in [3.63, 3.8) is 0 Å². The summed E-state index contributed by atoms with van der Waals surface area (Å²) in [5.74, 6) is -5.32. The van der Waals surface area contributed by atoms with E-state index in [2.05, 4.69) is 4.74 Å². The van der Waals surface area contributed by atoms with Crippen LogP contribution >= 0.6 is 0 Å². The van der Waals surface area contributed by atoms with Crippen LogP contribution in [0.4, 0.5) is 22.0 Å². The Morgan fingerprint density at radius 2 is 1.75 bits per heavy atom. The summed E-state index contributed by atoms with van der Waals surface area (Å²) in [5, 5.41) is 0. The van der Waals surface area contributed by atoms with E-state index in [9.17, 15) is 22.0 Å². The monoisotopic (exact) mass is 244 g/mol. The number of aryl methyl sites for hydroxylation is 1. The minimum Gasteiger partial charge on any atom is -0.463 e. The molecule has 1 rings (SSSR count). The minimum atomic E-state index is -5.69. The Morgan fingerprint density at radius 1 is 1.19 bits per heavy atom. The van der Waals surface area contributed by atoms with Crippen LogP contribution in [0.25, 0.3) is 0 Å². The number of hydrogen-bond donors (Lipinski definition) is 0. The Morgan fingerprint density at radius 3 is 2.06 bits per heavy atom. The Bertz CT molecular complexity index is 355. The van der Waals surface area contributed by atoms with Gasteiger partial charge in [0.2, 0.25) is 0 Å². The molecule has 0 saturated carbocycles. The number of hydrogen-bond acceptors (Lipinski definition) is 2. The molecule has 0 aromatic carbocycles. The van der Waals surface area contributed by atoms with Crippen LogP contribution in [0.3, 0.4) is 0 Å². The molecule has 1 aromatic heterocycles. The van der Waals surface area contributed by atoms with E-state index < -0.39 is 24.0 Å². The number of methoxy groups -OCH3 is 1. The van der Waals surface area contributed by atoms with Crippen LogP contribution in [0.5, 0.6) is 0 Å². The summed E-state index contributed by atoms with van der Waals surface area (Å²) in [6.45, 7) is 1.43. The molecule has 0 fully saturated rings. The van der Waals surface area contributed by atoms with Gasteiger partial charge >= 0.3 is 12.1 Å². The van der Waals surface area contributed by atoms with Crippen LogP contribution in [0.2, 0.25) is 0 Å². The van der Waals surface area contributed by atoms with Crippen LogP contribution in [0.1, 0.15) is 17.6 Å². The number of halogens is 5. The van der Waals surface area contributed by atoms with E-state index in [-0.39, 0.29) is 5.76 Å². The quantitative estimate of drug-likeness (QED) is 0.759. The number of furan rings is 1. The maximum absolute atomic E-state index is 13.0. The normalized spacial score (nSPS) is 15.2. The maximum atomic E-state index is 13.0. The highest BCUT2D eigenvalue weighted by atomic mass is 19.4. The van der Waals surface area contributed by atoms with Gasteiger partial charge in [-0.15, -0.1) is 0 Å². The second-order valence-corrected chi connectivity index (χ2v) is 3.18. The molecule has 0 spiro atoms. The molecule has 0 amide bonds. The van der Waals surface area contributed by atoms with E-state index >= 15 is 0 Å². The summed E-state index contributed by atoms with van der Waals surface area (Å²) in [6.07, 6.45) is -8.16. The van der Waals surface area contributed by atoms with E-state index in [1.165, 1.54) is 13.0 Å². The van der Waals surface area contributed by atoms with Crippen molar-refractivity contribution in [1.29, 1.82) is 0 Å². The fourth-order valence-electron chi connectivity index (χ4n) is 1.19. The molecule has 92 valence electrons. The first kappa shape index (κ1) is 13.0. The van der Waals surface area contributed by atoms with Gasteiger partial charge in [0.1, 0.15) is 11.5 Å². The molecule has 0 N–H and O–H groups in total. The molecule has 7 heteroatoms. The topological polar surface area (TPSA) is 22.4 Å². The molecule has 0 aliphatic heterocycles. The van der Waals surface area contributed by atoms with Gasteiger partial charge in [0.05, 0.1) is 0 Å². The van der Waals surface area contributed by atoms with Crippen molar-refractivity contribution in [3.8, 4) is 0 Å². The molecule has 1 aromatic rings. The van der Waals surface area contributed by atoms with Crippen molar-refractivity contribution in [1.82, 2.24) is 0 Å². The summed E-state index contributed by atoms with van der Waals surface area (Å²) >= 11 is 0. The fraction of sp³-hybridized carbons (Fsp3) is 0.556. The first-order valence-corrected chi connectivity index (χ1v) is 4.24. The van der Waals surface area contributed by atoms with Gasteiger partial charge in [-0.05, 0) is 19.1 Å². The molecule has 0 aliphatic rings. The molecule has 16 heavy (non-hydrogen) atoms. The van der Waals surface area contributed by atoms with Crippen molar-refractivity contribution in [2.75, 3.05) is 7.11 Å². The molecule has 2 nitrogen and oxygen atoms in total. The fourth-order valence-corrected chi connectivity index (χ4v) is 1.19. The first-order valence-electron chi connectivity index (χ1n) is 4.24. The van der Waals surface area contributed by atoms with Gasteiger partial charge in [0.15, 0.2) is 6.10 Å². The third-order valence-electron chi connectivity index (χ3n) is 1.96. The minimum absolute atomic E-state index is 0.232. The molecular formula is C9H9F5O2. The summed E-state index contributed by atoms with van der Waals surface area (Å²) in [7, 11) is 0.766. The Labute approximate surface area is 88.0 Å². The van der Waals surface area contributed by atoms with Crippen LogP contribution < -0.4 is 0 Å². The van der Waals surface area contributed by atoms with Gasteiger partial charge in [-0.25, -0.2) is 0 Å². The van der Waals surface area contributed by atoms with Gasteiger partial charge < -0.3 is 9.15 Å². The summed E-state index contributed by atoms with van der Waals surface area (Å²) in [4.78, 5) is 0. The van der Waals surface area contributed by atoms with E-state index in [1.807, 2.05) is 0 Å². The largest absolute Gasteiger partial charge is 0.463 e. The van der Waals surface area contributed by atoms with E-state index in [0.29, 0.717) is 0 Å². The lowest BCUT2D eigenvalue weighted by atomic mass is 10.1. The van der Waals surface area contributed by atoms with Crippen LogP contribution in [0.15, 0.2) is 16.5 Å². The zero-order valence-electron chi connectivity index (χ0n) is 8.44. The average Bonchev–Trinajstić information content (AvgIpc) is 2.50. The van der Waals surface area contributed by atoms with Gasteiger partial charge in [-0.1, -0.05) is 0 Å². The van der Waals surface area contributed by atoms with Crippen LogP contribution in [-0.4, -0.2) is 19.2 Å². The van der Waals surface area contributed by atoms with Crippen molar-refractivity contribution in [2.24, 2.45) is 0 Å². The van der Waals surface area contributed by atoms with Crippen molar-refractivity contribution >= 4 is 0 Å². The predicted molar refractivity (Wildman–Crippen MR) is 44.2 cm³/mol. The van der Waals surface area contributed by atoms with Gasteiger partial charge in [-0.3, -0.25) is 0 Å². The van der Waals surface area contributed by atoms with Crippen LogP contribution in [0, 0.1) is 6.92 Å². The lowest BCUT2D eigenvalue weighted by molar-refractivity contribution is -0.320. The second kappa shape index (κ2) is 4.04. The standard InChI is InChI=1S/C9H9F5O2/c1-5-3-4-6(16-5)7(15-2)8(10,11)9(12,13)14/h3-4,7H,1-2H3. The molecule has 0 radical (unpaired) electrons. The summed E-state index contributed by atoms with van der Waals surface area (Å²) < 4.78 is 71.1. The van der Waals surface area contributed by atoms with E-state index in [4.69, 9.17) is 4.42 Å². The van der Waals surface area contributed by atoms with Crippen molar-refractivity contribution in [3.05, 3.63) is 23.7 Å². The molecular weight excluding hydrogens is 235 g/mol. The first-order chi connectivity index (χ1) is 7.20. The zero-order valence-corrected chi connectivity index (χ0v) is 8.44. The SMILES string of the molecule is COC(c1ccc(C)o1)C(F)(F)C(F)(F)F. The Hall–Kier alpha value is -1.11. The third-order valence-corrected chi connectivity index (χ3v) is 1.96. The second-order valence-electron chi connectivity index (χ2n) is 3.18. The van der Waals surface area contributed by atoms with Crippen molar-refractivity contribution in [2.45, 2.75) is 25.1 Å². The van der Waals surface area contributed by atoms with Gasteiger partial charge in [-0.2, -0.15) is 22.0 Å². The molecule has 0 bridgehead atoms. The predicted octanol–water partition coefficient (Wildman–Crippen LogP) is 3.47. The molecule has 1 atom stereocenters. The molecule has 0 saturated heterocycles. The van der Waals surface area contributed by atoms with E-state index in [0.717, 1.165) is 13.2 Å². The number of alkyl halides is 5. The highest BCUT2D eigenvalue weighted by molar-refractivity contribution is 5.12. The molecule has 0 aliphatic carbocycles. The van der Waals surface area contributed by atoms with E-state index in [1.54, 1.807) is 0 Å². The maximum Gasteiger partial charge on any atom is 0.456 e. The highest BCUT2D eigenvalue weighted by Crippen LogP contribution is 2.46. The lowest BCUT2D eigenvalue weighted by Gasteiger charge is -2.25. The zero-order chi connectivity index (χ0) is 12.6.